The van der Waals surface area contributed by atoms with Gasteiger partial charge in [0.25, 0.3) is 0 Å². The van der Waals surface area contributed by atoms with Crippen molar-refractivity contribution in [2.75, 3.05) is 13.2 Å². The predicted octanol–water partition coefficient (Wildman–Crippen LogP) is 4.63. The first kappa shape index (κ1) is 18.7. The number of thioether (sulfide) groups is 1. The fourth-order valence-electron chi connectivity index (χ4n) is 2.13. The summed E-state index contributed by atoms with van der Waals surface area (Å²) in [5.74, 6) is 0.868. The molecule has 0 saturated carbocycles. The Kier molecular flexibility index (Phi) is 7.00. The summed E-state index contributed by atoms with van der Waals surface area (Å²) in [7, 11) is 0. The van der Waals surface area contributed by atoms with Crippen LogP contribution < -0.4 is 10.1 Å². The molecule has 2 aromatic carbocycles. The highest BCUT2D eigenvalue weighted by atomic mass is 35.5. The average Bonchev–Trinajstić information content (AvgIpc) is 2.57. The highest BCUT2D eigenvalue weighted by Crippen LogP contribution is 2.24. The van der Waals surface area contributed by atoms with Gasteiger partial charge in [-0.1, -0.05) is 23.7 Å². The van der Waals surface area contributed by atoms with Crippen molar-refractivity contribution >= 4 is 29.3 Å². The van der Waals surface area contributed by atoms with Crippen LogP contribution in [0.2, 0.25) is 5.02 Å². The van der Waals surface area contributed by atoms with Gasteiger partial charge in [-0.15, -0.1) is 11.8 Å². The van der Waals surface area contributed by atoms with Crippen molar-refractivity contribution in [1.29, 1.82) is 0 Å². The van der Waals surface area contributed by atoms with Crippen molar-refractivity contribution in [3.8, 4) is 5.75 Å². The minimum atomic E-state index is -0.174. The number of hydrogen-bond donors (Lipinski definition) is 1. The Morgan fingerprint density at radius 2 is 1.92 bits per heavy atom. The minimum absolute atomic E-state index is 0.000450. The van der Waals surface area contributed by atoms with Gasteiger partial charge >= 0.3 is 0 Å². The SMILES string of the molecule is Cc1cccc(OCCNC(=O)C(C)Sc2ccc(Cl)cc2)c1C. The summed E-state index contributed by atoms with van der Waals surface area (Å²) in [5, 5.41) is 3.43. The van der Waals surface area contributed by atoms with E-state index in [1.165, 1.54) is 17.3 Å². The van der Waals surface area contributed by atoms with E-state index in [0.717, 1.165) is 16.2 Å². The van der Waals surface area contributed by atoms with Crippen LogP contribution in [0, 0.1) is 13.8 Å². The molecule has 3 nitrogen and oxygen atoms in total. The highest BCUT2D eigenvalue weighted by molar-refractivity contribution is 8.00. The van der Waals surface area contributed by atoms with Gasteiger partial charge in [0.15, 0.2) is 0 Å². The number of nitrogens with one attached hydrogen (secondary N) is 1. The Morgan fingerprint density at radius 1 is 1.21 bits per heavy atom. The van der Waals surface area contributed by atoms with Gasteiger partial charge in [0.1, 0.15) is 12.4 Å². The van der Waals surface area contributed by atoms with Crippen molar-refractivity contribution in [2.24, 2.45) is 0 Å². The molecule has 2 rings (SSSR count). The zero-order valence-electron chi connectivity index (χ0n) is 14.1. The molecule has 1 N–H and O–H groups in total. The Bertz CT molecular complexity index is 688. The second-order valence-electron chi connectivity index (χ2n) is 5.55. The average molecular weight is 364 g/mol. The van der Waals surface area contributed by atoms with E-state index in [0.29, 0.717) is 18.2 Å². The molecule has 0 spiro atoms. The van der Waals surface area contributed by atoms with E-state index in [4.69, 9.17) is 16.3 Å². The lowest BCUT2D eigenvalue weighted by molar-refractivity contribution is -0.120. The second-order valence-corrected chi connectivity index (χ2v) is 7.40. The van der Waals surface area contributed by atoms with Gasteiger partial charge in [-0.3, -0.25) is 4.79 Å². The van der Waals surface area contributed by atoms with Crippen molar-refractivity contribution in [1.82, 2.24) is 5.32 Å². The number of benzene rings is 2. The summed E-state index contributed by atoms with van der Waals surface area (Å²) in [6.45, 7) is 6.92. The molecule has 0 saturated heterocycles. The van der Waals surface area contributed by atoms with Crippen molar-refractivity contribution in [3.63, 3.8) is 0 Å². The Hall–Kier alpha value is -1.65. The van der Waals surface area contributed by atoms with Crippen LogP contribution in [0.5, 0.6) is 5.75 Å². The zero-order valence-corrected chi connectivity index (χ0v) is 15.7. The lowest BCUT2D eigenvalue weighted by Crippen LogP contribution is -2.34. The smallest absolute Gasteiger partial charge is 0.233 e. The van der Waals surface area contributed by atoms with Crippen LogP contribution in [-0.4, -0.2) is 24.3 Å². The lowest BCUT2D eigenvalue weighted by atomic mass is 10.1. The maximum absolute atomic E-state index is 12.1. The van der Waals surface area contributed by atoms with Crippen molar-refractivity contribution in [2.45, 2.75) is 30.9 Å². The summed E-state index contributed by atoms with van der Waals surface area (Å²) in [5.41, 5.74) is 2.33. The third kappa shape index (κ3) is 5.46. The van der Waals surface area contributed by atoms with E-state index in [2.05, 4.69) is 18.3 Å². The molecule has 0 fully saturated rings. The summed E-state index contributed by atoms with van der Waals surface area (Å²) in [6.07, 6.45) is 0. The molecule has 128 valence electrons. The standard InChI is InChI=1S/C19H22ClNO2S/c1-13-5-4-6-18(14(13)2)23-12-11-21-19(22)15(3)24-17-9-7-16(20)8-10-17/h4-10,15H,11-12H2,1-3H3,(H,21,22). The number of amides is 1. The maximum atomic E-state index is 12.1. The lowest BCUT2D eigenvalue weighted by Gasteiger charge is -2.14. The fourth-order valence-corrected chi connectivity index (χ4v) is 3.15. The minimum Gasteiger partial charge on any atom is -0.491 e. The summed E-state index contributed by atoms with van der Waals surface area (Å²) in [4.78, 5) is 13.2. The summed E-state index contributed by atoms with van der Waals surface area (Å²) in [6, 6.07) is 13.5. The monoisotopic (exact) mass is 363 g/mol. The maximum Gasteiger partial charge on any atom is 0.233 e. The predicted molar refractivity (Wildman–Crippen MR) is 101 cm³/mol. The first-order valence-corrected chi connectivity index (χ1v) is 9.12. The van der Waals surface area contributed by atoms with Gasteiger partial charge in [-0.2, -0.15) is 0 Å². The van der Waals surface area contributed by atoms with Gasteiger partial charge < -0.3 is 10.1 Å². The zero-order chi connectivity index (χ0) is 17.5. The molecule has 0 bridgehead atoms. The van der Waals surface area contributed by atoms with E-state index in [1.54, 1.807) is 0 Å². The van der Waals surface area contributed by atoms with Crippen LogP contribution in [-0.2, 0) is 4.79 Å². The molecule has 0 aliphatic heterocycles. The highest BCUT2D eigenvalue weighted by Gasteiger charge is 2.13. The molecule has 1 atom stereocenters. The molecule has 5 heteroatoms. The van der Waals surface area contributed by atoms with Gasteiger partial charge in [0.05, 0.1) is 11.8 Å². The van der Waals surface area contributed by atoms with Crippen LogP contribution in [0.1, 0.15) is 18.1 Å². The molecular formula is C19H22ClNO2S. The Morgan fingerprint density at radius 3 is 2.62 bits per heavy atom. The molecule has 0 aliphatic carbocycles. The second kappa shape index (κ2) is 9.00. The first-order valence-electron chi connectivity index (χ1n) is 7.86. The first-order chi connectivity index (χ1) is 11.5. The van der Waals surface area contributed by atoms with Gasteiger partial charge in [-0.25, -0.2) is 0 Å². The van der Waals surface area contributed by atoms with E-state index >= 15 is 0 Å². The number of halogens is 1. The summed E-state index contributed by atoms with van der Waals surface area (Å²) >= 11 is 7.37. The number of ether oxygens (including phenoxy) is 1. The number of carbonyl (C=O) groups is 1. The van der Waals surface area contributed by atoms with Crippen molar-refractivity contribution in [3.05, 3.63) is 58.6 Å². The molecule has 0 heterocycles. The quantitative estimate of drug-likeness (QED) is 0.575. The van der Waals surface area contributed by atoms with Gasteiger partial charge in [-0.05, 0) is 62.2 Å². The largest absolute Gasteiger partial charge is 0.491 e. The number of carbonyl (C=O) groups excluding carboxylic acids is 1. The molecule has 0 aliphatic rings. The van der Waals surface area contributed by atoms with Crippen LogP contribution in [0.3, 0.4) is 0 Å². The molecule has 2 aromatic rings. The number of hydrogen-bond acceptors (Lipinski definition) is 3. The molecular weight excluding hydrogens is 342 g/mol. The molecule has 0 radical (unpaired) electrons. The summed E-state index contributed by atoms with van der Waals surface area (Å²) < 4.78 is 5.74. The third-order valence-corrected chi connectivity index (χ3v) is 5.07. The molecule has 1 amide bonds. The normalized spacial score (nSPS) is 11.8. The third-order valence-electron chi connectivity index (χ3n) is 3.71. The van der Waals surface area contributed by atoms with E-state index < -0.39 is 0 Å². The topological polar surface area (TPSA) is 38.3 Å². The number of rotatable bonds is 7. The van der Waals surface area contributed by atoms with Crippen LogP contribution in [0.4, 0.5) is 0 Å². The fraction of sp³-hybridized carbons (Fsp3) is 0.316. The molecule has 0 aromatic heterocycles. The van der Waals surface area contributed by atoms with E-state index in [9.17, 15) is 4.79 Å². The van der Waals surface area contributed by atoms with Gasteiger partial charge in [0.2, 0.25) is 5.91 Å². The van der Waals surface area contributed by atoms with E-state index in [-0.39, 0.29) is 11.2 Å². The van der Waals surface area contributed by atoms with Crippen LogP contribution >= 0.6 is 23.4 Å². The molecule has 24 heavy (non-hydrogen) atoms. The Labute approximate surface area is 152 Å². The Balaban J connectivity index is 1.74. The molecule has 1 unspecified atom stereocenters. The van der Waals surface area contributed by atoms with Crippen LogP contribution in [0.15, 0.2) is 47.4 Å². The van der Waals surface area contributed by atoms with Crippen LogP contribution in [0.25, 0.3) is 0 Å². The van der Waals surface area contributed by atoms with E-state index in [1.807, 2.05) is 50.2 Å². The number of aryl methyl sites for hydroxylation is 1. The van der Waals surface area contributed by atoms with Gasteiger partial charge in [0, 0.05) is 9.92 Å². The van der Waals surface area contributed by atoms with Crippen molar-refractivity contribution < 1.29 is 9.53 Å².